The smallest absolute Gasteiger partial charge is 0.165 e. The van der Waals surface area contributed by atoms with Gasteiger partial charge in [0, 0.05) is 16.7 Å². The Labute approximate surface area is 266 Å². The minimum Gasteiger partial charge on any atom is -0.208 e. The maximum absolute atomic E-state index is 5.31. The minimum absolute atomic E-state index is 0.648. The fourth-order valence-corrected chi connectivity index (χ4v) is 6.67. The van der Waals surface area contributed by atoms with E-state index in [1.165, 1.54) is 21.5 Å². The number of hydrogen-bond donors (Lipinski definition) is 0. The molecule has 0 bridgehead atoms. The maximum atomic E-state index is 5.31. The van der Waals surface area contributed by atoms with E-state index in [1.54, 1.807) is 0 Å². The standard InChI is InChI=1S/C43H27N3/c1-2-13-29(14-3-1)34-18-10-11-21-38(34)42-44-41(33-23-22-28-12-4-5-16-31(28)26-33)45-43(46-42)40-36-20-9-7-17-32(36)27-39-35-19-8-6-15-30(35)24-25-37(39)40/h1-27H. The molecule has 214 valence electrons. The third kappa shape index (κ3) is 4.41. The van der Waals surface area contributed by atoms with E-state index in [0.717, 1.165) is 49.4 Å². The molecule has 0 atom stereocenters. The number of benzene rings is 8. The second-order valence-corrected chi connectivity index (χ2v) is 11.6. The Morgan fingerprint density at radius 3 is 1.74 bits per heavy atom. The first-order valence-electron chi connectivity index (χ1n) is 15.5. The van der Waals surface area contributed by atoms with Crippen molar-refractivity contribution in [1.29, 1.82) is 0 Å². The Hall–Kier alpha value is -6.19. The molecule has 0 saturated carbocycles. The van der Waals surface area contributed by atoms with Crippen LogP contribution >= 0.6 is 0 Å². The van der Waals surface area contributed by atoms with Gasteiger partial charge in [-0.3, -0.25) is 0 Å². The predicted octanol–water partition coefficient (Wildman–Crippen LogP) is 11.2. The Morgan fingerprint density at radius 2 is 0.891 bits per heavy atom. The molecule has 46 heavy (non-hydrogen) atoms. The van der Waals surface area contributed by atoms with Crippen LogP contribution in [0.2, 0.25) is 0 Å². The molecule has 0 unspecified atom stereocenters. The van der Waals surface area contributed by atoms with Crippen LogP contribution in [-0.2, 0) is 0 Å². The third-order valence-electron chi connectivity index (χ3n) is 8.89. The van der Waals surface area contributed by atoms with Crippen LogP contribution in [0.1, 0.15) is 0 Å². The Bertz CT molecular complexity index is 2590. The SMILES string of the molecule is c1ccc(-c2ccccc2-c2nc(-c3ccc4ccccc4c3)nc(-c3c4ccccc4cc4c3ccc3ccccc34)n2)cc1. The summed E-state index contributed by atoms with van der Waals surface area (Å²) >= 11 is 0. The zero-order chi connectivity index (χ0) is 30.5. The summed E-state index contributed by atoms with van der Waals surface area (Å²) in [5.74, 6) is 1.96. The van der Waals surface area contributed by atoms with Crippen LogP contribution in [0, 0.1) is 0 Å². The third-order valence-corrected chi connectivity index (χ3v) is 8.89. The van der Waals surface area contributed by atoms with E-state index in [4.69, 9.17) is 15.0 Å². The van der Waals surface area contributed by atoms with Crippen molar-refractivity contribution in [2.75, 3.05) is 0 Å². The van der Waals surface area contributed by atoms with Crippen LogP contribution < -0.4 is 0 Å². The molecule has 3 heteroatoms. The van der Waals surface area contributed by atoms with Crippen LogP contribution in [0.25, 0.3) is 88.4 Å². The highest BCUT2D eigenvalue weighted by molar-refractivity contribution is 6.19. The van der Waals surface area contributed by atoms with Gasteiger partial charge in [-0.05, 0) is 66.3 Å². The van der Waals surface area contributed by atoms with Gasteiger partial charge in [-0.1, -0.05) is 152 Å². The van der Waals surface area contributed by atoms with Gasteiger partial charge in [-0.2, -0.15) is 0 Å². The number of aromatic nitrogens is 3. The van der Waals surface area contributed by atoms with Crippen molar-refractivity contribution in [3.05, 3.63) is 164 Å². The minimum atomic E-state index is 0.648. The lowest BCUT2D eigenvalue weighted by atomic mass is 9.93. The van der Waals surface area contributed by atoms with Crippen molar-refractivity contribution >= 4 is 43.1 Å². The van der Waals surface area contributed by atoms with Crippen LogP contribution in [0.15, 0.2) is 164 Å². The summed E-state index contributed by atoms with van der Waals surface area (Å²) in [4.78, 5) is 15.8. The van der Waals surface area contributed by atoms with Gasteiger partial charge in [0.25, 0.3) is 0 Å². The number of rotatable bonds is 4. The molecule has 3 nitrogen and oxygen atoms in total. The van der Waals surface area contributed by atoms with Crippen molar-refractivity contribution < 1.29 is 0 Å². The number of nitrogens with zero attached hydrogens (tertiary/aromatic N) is 3. The van der Waals surface area contributed by atoms with Crippen LogP contribution in [0.3, 0.4) is 0 Å². The zero-order valence-corrected chi connectivity index (χ0v) is 24.9. The predicted molar refractivity (Wildman–Crippen MR) is 192 cm³/mol. The summed E-state index contributed by atoms with van der Waals surface area (Å²) in [6.07, 6.45) is 0. The molecule has 0 spiro atoms. The second kappa shape index (κ2) is 10.8. The molecular weight excluding hydrogens is 558 g/mol. The van der Waals surface area contributed by atoms with Gasteiger partial charge >= 0.3 is 0 Å². The zero-order valence-electron chi connectivity index (χ0n) is 24.9. The lowest BCUT2D eigenvalue weighted by Gasteiger charge is -2.15. The van der Waals surface area contributed by atoms with Gasteiger partial charge in [0.15, 0.2) is 17.5 Å². The van der Waals surface area contributed by atoms with E-state index in [1.807, 2.05) is 6.07 Å². The number of hydrogen-bond acceptors (Lipinski definition) is 3. The first-order valence-corrected chi connectivity index (χ1v) is 15.5. The van der Waals surface area contributed by atoms with Crippen LogP contribution in [0.5, 0.6) is 0 Å². The monoisotopic (exact) mass is 585 g/mol. The number of fused-ring (bicyclic) bond motifs is 5. The van der Waals surface area contributed by atoms with Crippen LogP contribution in [0.4, 0.5) is 0 Å². The van der Waals surface area contributed by atoms with Gasteiger partial charge in [-0.15, -0.1) is 0 Å². The highest BCUT2D eigenvalue weighted by atomic mass is 15.0. The second-order valence-electron chi connectivity index (χ2n) is 11.6. The lowest BCUT2D eigenvalue weighted by Crippen LogP contribution is -2.02. The molecule has 1 aromatic heterocycles. The van der Waals surface area contributed by atoms with Gasteiger partial charge in [0.05, 0.1) is 0 Å². The molecule has 0 saturated heterocycles. The molecule has 0 N–H and O–H groups in total. The van der Waals surface area contributed by atoms with Crippen LogP contribution in [-0.4, -0.2) is 15.0 Å². The van der Waals surface area contributed by atoms with Gasteiger partial charge < -0.3 is 0 Å². The van der Waals surface area contributed by atoms with E-state index in [2.05, 4.69) is 158 Å². The van der Waals surface area contributed by atoms with E-state index in [0.29, 0.717) is 17.5 Å². The highest BCUT2D eigenvalue weighted by Crippen LogP contribution is 2.40. The normalized spacial score (nSPS) is 11.5. The van der Waals surface area contributed by atoms with E-state index >= 15 is 0 Å². The first-order chi connectivity index (χ1) is 22.8. The van der Waals surface area contributed by atoms with E-state index < -0.39 is 0 Å². The average molecular weight is 586 g/mol. The Morgan fingerprint density at radius 1 is 0.283 bits per heavy atom. The molecule has 0 aliphatic heterocycles. The summed E-state index contributed by atoms with van der Waals surface area (Å²) in [7, 11) is 0. The summed E-state index contributed by atoms with van der Waals surface area (Å²) in [6, 6.07) is 57.5. The molecule has 0 fully saturated rings. The Balaban J connectivity index is 1.38. The van der Waals surface area contributed by atoms with Crippen molar-refractivity contribution in [2.24, 2.45) is 0 Å². The van der Waals surface area contributed by atoms with Gasteiger partial charge in [-0.25, -0.2) is 15.0 Å². The lowest BCUT2D eigenvalue weighted by molar-refractivity contribution is 1.08. The van der Waals surface area contributed by atoms with Crippen molar-refractivity contribution in [1.82, 2.24) is 15.0 Å². The van der Waals surface area contributed by atoms with Crippen molar-refractivity contribution in [3.8, 4) is 45.3 Å². The van der Waals surface area contributed by atoms with Crippen molar-refractivity contribution in [3.63, 3.8) is 0 Å². The summed E-state index contributed by atoms with van der Waals surface area (Å²) < 4.78 is 0. The molecule has 1 heterocycles. The fourth-order valence-electron chi connectivity index (χ4n) is 6.67. The quantitative estimate of drug-likeness (QED) is 0.152. The van der Waals surface area contributed by atoms with E-state index in [9.17, 15) is 0 Å². The molecule has 0 aliphatic rings. The van der Waals surface area contributed by atoms with E-state index in [-0.39, 0.29) is 0 Å². The molecular formula is C43H27N3. The topological polar surface area (TPSA) is 38.7 Å². The summed E-state index contributed by atoms with van der Waals surface area (Å²) in [5, 5.41) is 9.33. The fraction of sp³-hybridized carbons (Fsp3) is 0. The van der Waals surface area contributed by atoms with Gasteiger partial charge in [0.2, 0.25) is 0 Å². The highest BCUT2D eigenvalue weighted by Gasteiger charge is 2.19. The largest absolute Gasteiger partial charge is 0.208 e. The Kier molecular flexibility index (Phi) is 6.14. The van der Waals surface area contributed by atoms with Gasteiger partial charge in [0.1, 0.15) is 0 Å². The first kappa shape index (κ1) is 26.2. The summed E-state index contributed by atoms with van der Waals surface area (Å²) in [5.41, 5.74) is 5.14. The molecule has 8 aromatic carbocycles. The molecule has 9 rings (SSSR count). The average Bonchev–Trinajstić information content (AvgIpc) is 3.13. The van der Waals surface area contributed by atoms with Crippen molar-refractivity contribution in [2.45, 2.75) is 0 Å². The molecule has 0 aliphatic carbocycles. The molecule has 9 aromatic rings. The maximum Gasteiger partial charge on any atom is 0.165 e. The molecule has 0 amide bonds. The molecule has 0 radical (unpaired) electrons. The summed E-state index contributed by atoms with van der Waals surface area (Å²) in [6.45, 7) is 0.